The maximum absolute atomic E-state index is 12.7. The summed E-state index contributed by atoms with van der Waals surface area (Å²) in [6, 6.07) is 16.3. The number of para-hydroxylation sites is 3. The Morgan fingerprint density at radius 1 is 1.14 bits per heavy atom. The van der Waals surface area contributed by atoms with Gasteiger partial charge in [-0.3, -0.25) is 4.79 Å². The third-order valence-electron chi connectivity index (χ3n) is 5.19. The summed E-state index contributed by atoms with van der Waals surface area (Å²) in [5.41, 5.74) is 4.32. The highest BCUT2D eigenvalue weighted by Crippen LogP contribution is 2.23. The van der Waals surface area contributed by atoms with Crippen molar-refractivity contribution in [3.05, 3.63) is 59.9 Å². The lowest BCUT2D eigenvalue weighted by Crippen LogP contribution is -2.37. The Labute approximate surface area is 165 Å². The van der Waals surface area contributed by atoms with E-state index in [-0.39, 0.29) is 5.91 Å². The van der Waals surface area contributed by atoms with E-state index in [2.05, 4.69) is 33.1 Å². The van der Waals surface area contributed by atoms with Crippen LogP contribution in [0.2, 0.25) is 0 Å². The van der Waals surface area contributed by atoms with Gasteiger partial charge in [-0.05, 0) is 23.8 Å². The van der Waals surface area contributed by atoms with Gasteiger partial charge in [-0.25, -0.2) is 4.98 Å². The van der Waals surface area contributed by atoms with Crippen LogP contribution in [0.4, 0.5) is 5.69 Å². The minimum atomic E-state index is 0.122. The Morgan fingerprint density at radius 2 is 1.89 bits per heavy atom. The van der Waals surface area contributed by atoms with Crippen LogP contribution in [-0.2, 0) is 22.5 Å². The number of aromatic amines is 1. The van der Waals surface area contributed by atoms with Crippen molar-refractivity contribution in [1.29, 1.82) is 0 Å². The number of benzene rings is 2. The molecule has 0 atom stereocenters. The van der Waals surface area contributed by atoms with Crippen molar-refractivity contribution in [1.82, 2.24) is 14.9 Å². The third-order valence-corrected chi connectivity index (χ3v) is 5.19. The first kappa shape index (κ1) is 18.5. The number of rotatable bonds is 6. The van der Waals surface area contributed by atoms with E-state index in [4.69, 9.17) is 4.74 Å². The van der Waals surface area contributed by atoms with Gasteiger partial charge in [-0.15, -0.1) is 0 Å². The van der Waals surface area contributed by atoms with Crippen LogP contribution in [0.25, 0.3) is 11.0 Å². The Morgan fingerprint density at radius 3 is 2.71 bits per heavy atom. The second kappa shape index (κ2) is 8.44. The fourth-order valence-electron chi connectivity index (χ4n) is 3.64. The van der Waals surface area contributed by atoms with Gasteiger partial charge in [0, 0.05) is 45.2 Å². The molecule has 1 aliphatic heterocycles. The van der Waals surface area contributed by atoms with E-state index in [9.17, 15) is 4.79 Å². The molecule has 6 heteroatoms. The van der Waals surface area contributed by atoms with Crippen LogP contribution >= 0.6 is 0 Å². The monoisotopic (exact) mass is 378 g/mol. The smallest absolute Gasteiger partial charge is 0.223 e. The number of nitrogens with zero attached hydrogens (tertiary/aromatic N) is 3. The van der Waals surface area contributed by atoms with Gasteiger partial charge >= 0.3 is 0 Å². The van der Waals surface area contributed by atoms with Crippen molar-refractivity contribution in [3.8, 4) is 0 Å². The number of ether oxygens (including phenoxy) is 1. The average molecular weight is 378 g/mol. The summed E-state index contributed by atoms with van der Waals surface area (Å²) in [7, 11) is 1.87. The number of H-pyrrole nitrogens is 1. The highest BCUT2D eigenvalue weighted by molar-refractivity contribution is 5.77. The Kier molecular flexibility index (Phi) is 5.58. The number of anilines is 1. The second-order valence-corrected chi connectivity index (χ2v) is 7.18. The summed E-state index contributed by atoms with van der Waals surface area (Å²) >= 11 is 0. The van der Waals surface area contributed by atoms with Gasteiger partial charge in [0.15, 0.2) is 0 Å². The first-order chi connectivity index (χ1) is 13.7. The molecule has 3 aromatic rings. The zero-order chi connectivity index (χ0) is 19.3. The highest BCUT2D eigenvalue weighted by Gasteiger charge is 2.17. The molecule has 2 aromatic carbocycles. The number of aryl methyl sites for hydroxylation is 1. The Bertz CT molecular complexity index is 913. The normalized spacial score (nSPS) is 14.4. The molecule has 2 heterocycles. The number of aromatic nitrogens is 2. The molecular weight excluding hydrogens is 352 g/mol. The lowest BCUT2D eigenvalue weighted by atomic mass is 10.1. The predicted octanol–water partition coefficient (Wildman–Crippen LogP) is 2.99. The quantitative estimate of drug-likeness (QED) is 0.716. The number of imidazole rings is 1. The molecule has 0 saturated carbocycles. The molecular formula is C22H26N4O2. The molecule has 6 nitrogen and oxygen atoms in total. The molecule has 1 amide bonds. The molecule has 1 aliphatic rings. The van der Waals surface area contributed by atoms with Crippen LogP contribution in [-0.4, -0.2) is 54.1 Å². The zero-order valence-electron chi connectivity index (χ0n) is 16.2. The molecule has 0 radical (unpaired) electrons. The molecule has 1 aromatic heterocycles. The van der Waals surface area contributed by atoms with Gasteiger partial charge in [-0.2, -0.15) is 0 Å². The van der Waals surface area contributed by atoms with Crippen molar-refractivity contribution < 1.29 is 9.53 Å². The number of hydrogen-bond donors (Lipinski definition) is 1. The molecule has 0 unspecified atom stereocenters. The van der Waals surface area contributed by atoms with Gasteiger partial charge in [0.2, 0.25) is 5.91 Å². The summed E-state index contributed by atoms with van der Waals surface area (Å²) in [5.74, 6) is 0.980. The first-order valence-corrected chi connectivity index (χ1v) is 9.79. The minimum Gasteiger partial charge on any atom is -0.378 e. The maximum atomic E-state index is 12.7. The summed E-state index contributed by atoms with van der Waals surface area (Å²) < 4.78 is 5.46. The number of fused-ring (bicyclic) bond motifs is 1. The van der Waals surface area contributed by atoms with Gasteiger partial charge in [0.25, 0.3) is 0 Å². The van der Waals surface area contributed by atoms with Gasteiger partial charge in [-0.1, -0.05) is 30.3 Å². The first-order valence-electron chi connectivity index (χ1n) is 9.79. The van der Waals surface area contributed by atoms with E-state index in [0.717, 1.165) is 43.2 Å². The largest absolute Gasteiger partial charge is 0.378 e. The highest BCUT2D eigenvalue weighted by atomic mass is 16.5. The Hall–Kier alpha value is -2.86. The van der Waals surface area contributed by atoms with Crippen LogP contribution in [0.15, 0.2) is 48.5 Å². The number of amides is 1. The van der Waals surface area contributed by atoms with Crippen molar-refractivity contribution in [2.75, 3.05) is 38.3 Å². The molecule has 1 saturated heterocycles. The van der Waals surface area contributed by atoms with E-state index in [1.54, 1.807) is 0 Å². The van der Waals surface area contributed by atoms with Crippen LogP contribution in [0.3, 0.4) is 0 Å². The molecule has 4 rings (SSSR count). The SMILES string of the molecule is CN(Cc1ccccc1N1CCOCC1)C(=O)CCc1nc2ccccc2[nH]1. The number of carbonyl (C=O) groups excluding carboxylic acids is 1. The van der Waals surface area contributed by atoms with E-state index < -0.39 is 0 Å². The van der Waals surface area contributed by atoms with Gasteiger partial charge < -0.3 is 19.5 Å². The maximum Gasteiger partial charge on any atom is 0.223 e. The second-order valence-electron chi connectivity index (χ2n) is 7.18. The zero-order valence-corrected chi connectivity index (χ0v) is 16.2. The number of carbonyl (C=O) groups is 1. The van der Waals surface area contributed by atoms with Crippen molar-refractivity contribution in [2.24, 2.45) is 0 Å². The van der Waals surface area contributed by atoms with Gasteiger partial charge in [0.1, 0.15) is 5.82 Å². The topological polar surface area (TPSA) is 61.5 Å². The van der Waals surface area contributed by atoms with Crippen LogP contribution in [0, 0.1) is 0 Å². The molecule has 1 N–H and O–H groups in total. The number of morpholine rings is 1. The van der Waals surface area contributed by atoms with E-state index in [1.165, 1.54) is 11.3 Å². The third kappa shape index (κ3) is 4.17. The van der Waals surface area contributed by atoms with Crippen molar-refractivity contribution in [3.63, 3.8) is 0 Å². The molecule has 0 spiro atoms. The molecule has 0 bridgehead atoms. The minimum absolute atomic E-state index is 0.122. The van der Waals surface area contributed by atoms with E-state index in [0.29, 0.717) is 19.4 Å². The van der Waals surface area contributed by atoms with Crippen LogP contribution in [0.1, 0.15) is 17.8 Å². The van der Waals surface area contributed by atoms with Crippen LogP contribution in [0.5, 0.6) is 0 Å². The lowest BCUT2D eigenvalue weighted by Gasteiger charge is -2.31. The van der Waals surface area contributed by atoms with Crippen LogP contribution < -0.4 is 4.90 Å². The van der Waals surface area contributed by atoms with Crippen molar-refractivity contribution >= 4 is 22.6 Å². The summed E-state index contributed by atoms with van der Waals surface area (Å²) in [5, 5.41) is 0. The Balaban J connectivity index is 1.38. The van der Waals surface area contributed by atoms with E-state index in [1.807, 2.05) is 42.3 Å². The van der Waals surface area contributed by atoms with Crippen molar-refractivity contribution in [2.45, 2.75) is 19.4 Å². The fraction of sp³-hybridized carbons (Fsp3) is 0.364. The average Bonchev–Trinajstić information content (AvgIpc) is 3.16. The molecule has 28 heavy (non-hydrogen) atoms. The standard InChI is InChI=1S/C22H26N4O2/c1-25(16-17-6-2-5-9-20(17)26-12-14-28-15-13-26)22(27)11-10-21-23-18-7-3-4-8-19(18)24-21/h2-9H,10-16H2,1H3,(H,23,24). The van der Waals surface area contributed by atoms with Gasteiger partial charge in [0.05, 0.1) is 24.2 Å². The molecule has 146 valence electrons. The summed E-state index contributed by atoms with van der Waals surface area (Å²) in [6.07, 6.45) is 1.05. The predicted molar refractivity (Wildman–Crippen MR) is 110 cm³/mol. The lowest BCUT2D eigenvalue weighted by molar-refractivity contribution is -0.130. The molecule has 1 fully saturated rings. The van der Waals surface area contributed by atoms with E-state index >= 15 is 0 Å². The molecule has 0 aliphatic carbocycles. The fourth-order valence-corrected chi connectivity index (χ4v) is 3.64. The number of hydrogen-bond acceptors (Lipinski definition) is 4. The summed E-state index contributed by atoms with van der Waals surface area (Å²) in [4.78, 5) is 24.7. The number of nitrogens with one attached hydrogen (secondary N) is 1. The summed E-state index contributed by atoms with van der Waals surface area (Å²) in [6.45, 7) is 3.88.